The van der Waals surface area contributed by atoms with Crippen molar-refractivity contribution in [1.29, 1.82) is 0 Å². The fourth-order valence-corrected chi connectivity index (χ4v) is 0.749. The summed E-state index contributed by atoms with van der Waals surface area (Å²) in [5, 5.41) is 16.1. The van der Waals surface area contributed by atoms with Crippen LogP contribution in [-0.2, 0) is 13.2 Å². The van der Waals surface area contributed by atoms with Crippen LogP contribution in [0.25, 0.3) is 0 Å². The van der Waals surface area contributed by atoms with Crippen molar-refractivity contribution in [3.05, 3.63) is 11.9 Å². The highest BCUT2D eigenvalue weighted by Gasteiger charge is 1.95. The van der Waals surface area contributed by atoms with Gasteiger partial charge in [-0.25, -0.2) is 0 Å². The zero-order chi connectivity index (χ0) is 9.40. The van der Waals surface area contributed by atoms with E-state index in [2.05, 4.69) is 17.2 Å². The maximum Gasteiger partial charge on any atom is 0.108 e. The van der Waals surface area contributed by atoms with Gasteiger partial charge in [0, 0.05) is 6.54 Å². The van der Waals surface area contributed by atoms with Crippen LogP contribution in [-0.4, -0.2) is 20.1 Å². The molecule has 0 radical (unpaired) electrons. The van der Waals surface area contributed by atoms with Crippen LogP contribution < -0.4 is 0 Å². The maximum absolute atomic E-state index is 8.60. The molecule has 0 aromatic carbocycles. The first-order valence-corrected chi connectivity index (χ1v) is 4.36. The Morgan fingerprint density at radius 2 is 2.17 bits per heavy atom. The highest BCUT2D eigenvalue weighted by molar-refractivity contribution is 4.88. The first-order chi connectivity index (χ1) is 5.86. The second kappa shape index (κ2) is 6.79. The monoisotopic (exact) mass is 171 g/mol. The maximum atomic E-state index is 8.60. The number of aromatic nitrogens is 3. The summed E-state index contributed by atoms with van der Waals surface area (Å²) in [6.45, 7) is 6.91. The first-order valence-electron chi connectivity index (χ1n) is 4.36. The third-order valence-electron chi connectivity index (χ3n) is 1.20. The lowest BCUT2D eigenvalue weighted by Crippen LogP contribution is -1.96. The van der Waals surface area contributed by atoms with Crippen molar-refractivity contribution < 1.29 is 5.11 Å². The van der Waals surface area contributed by atoms with Gasteiger partial charge < -0.3 is 5.11 Å². The van der Waals surface area contributed by atoms with E-state index in [-0.39, 0.29) is 6.61 Å². The van der Waals surface area contributed by atoms with Gasteiger partial charge in [-0.1, -0.05) is 26.0 Å². The molecule has 0 aliphatic rings. The van der Waals surface area contributed by atoms with Crippen molar-refractivity contribution in [3.8, 4) is 0 Å². The summed E-state index contributed by atoms with van der Waals surface area (Å²) in [6.07, 6.45) is 2.79. The number of aryl methyl sites for hydroxylation is 1. The molecule has 0 saturated carbocycles. The smallest absolute Gasteiger partial charge is 0.108 e. The number of aliphatic hydroxyl groups is 1. The van der Waals surface area contributed by atoms with Gasteiger partial charge in [0.15, 0.2) is 0 Å². The Balaban J connectivity index is 0.000000561. The molecular formula is C8H17N3O. The summed E-state index contributed by atoms with van der Waals surface area (Å²) in [7, 11) is 0. The third kappa shape index (κ3) is 3.48. The summed E-state index contributed by atoms with van der Waals surface area (Å²) in [5.74, 6) is 0. The van der Waals surface area contributed by atoms with Crippen molar-refractivity contribution >= 4 is 0 Å². The molecule has 1 aromatic heterocycles. The summed E-state index contributed by atoms with van der Waals surface area (Å²) in [5.41, 5.74) is 0.633. The van der Waals surface area contributed by atoms with E-state index in [4.69, 9.17) is 5.11 Å². The molecule has 4 heteroatoms. The zero-order valence-corrected chi connectivity index (χ0v) is 7.99. The van der Waals surface area contributed by atoms with Crippen molar-refractivity contribution in [2.45, 2.75) is 40.3 Å². The predicted octanol–water partition coefficient (Wildman–Crippen LogP) is 1.21. The minimum absolute atomic E-state index is 0.0241. The first kappa shape index (κ1) is 11.1. The van der Waals surface area contributed by atoms with E-state index in [1.165, 1.54) is 0 Å². The molecule has 1 aromatic rings. The molecular weight excluding hydrogens is 154 g/mol. The van der Waals surface area contributed by atoms with Gasteiger partial charge in [-0.2, -0.15) is 0 Å². The van der Waals surface area contributed by atoms with Gasteiger partial charge in [0.1, 0.15) is 5.69 Å². The van der Waals surface area contributed by atoms with Crippen molar-refractivity contribution in [2.75, 3.05) is 0 Å². The van der Waals surface area contributed by atoms with Crippen molar-refractivity contribution in [3.63, 3.8) is 0 Å². The summed E-state index contributed by atoms with van der Waals surface area (Å²) < 4.78 is 1.73. The number of nitrogens with zero attached hydrogens (tertiary/aromatic N) is 3. The molecule has 1 rings (SSSR count). The van der Waals surface area contributed by atoms with E-state index in [0.29, 0.717) is 5.69 Å². The van der Waals surface area contributed by atoms with E-state index in [9.17, 15) is 0 Å². The Bertz CT molecular complexity index is 198. The van der Waals surface area contributed by atoms with Crippen LogP contribution >= 0.6 is 0 Å². The third-order valence-corrected chi connectivity index (χ3v) is 1.20. The topological polar surface area (TPSA) is 50.9 Å². The van der Waals surface area contributed by atoms with Crippen LogP contribution in [0.5, 0.6) is 0 Å². The van der Waals surface area contributed by atoms with Gasteiger partial charge in [0.2, 0.25) is 0 Å². The van der Waals surface area contributed by atoms with Gasteiger partial charge in [-0.3, -0.25) is 4.68 Å². The minimum Gasteiger partial charge on any atom is -0.390 e. The van der Waals surface area contributed by atoms with Gasteiger partial charge in [-0.05, 0) is 6.42 Å². The molecule has 0 aliphatic carbocycles. The molecule has 0 spiro atoms. The fourth-order valence-electron chi connectivity index (χ4n) is 0.749. The molecule has 0 amide bonds. The van der Waals surface area contributed by atoms with E-state index >= 15 is 0 Å². The predicted molar refractivity (Wildman–Crippen MR) is 47.6 cm³/mol. The average Bonchev–Trinajstić information content (AvgIpc) is 2.57. The molecule has 0 unspecified atom stereocenters. The Morgan fingerprint density at radius 3 is 2.58 bits per heavy atom. The molecule has 70 valence electrons. The zero-order valence-electron chi connectivity index (χ0n) is 7.99. The molecule has 12 heavy (non-hydrogen) atoms. The lowest BCUT2D eigenvalue weighted by atomic mass is 10.5. The molecule has 0 atom stereocenters. The molecule has 0 bridgehead atoms. The normalized spacial score (nSPS) is 9.00. The Labute approximate surface area is 73.2 Å². The Morgan fingerprint density at radius 1 is 1.50 bits per heavy atom. The van der Waals surface area contributed by atoms with Crippen LogP contribution in [0.2, 0.25) is 0 Å². The summed E-state index contributed by atoms with van der Waals surface area (Å²) in [4.78, 5) is 0. The number of aliphatic hydroxyl groups excluding tert-OH is 1. The average molecular weight is 171 g/mol. The molecule has 1 N–H and O–H groups in total. The van der Waals surface area contributed by atoms with E-state index < -0.39 is 0 Å². The minimum atomic E-state index is -0.0241. The molecule has 1 heterocycles. The highest BCUT2D eigenvalue weighted by Crippen LogP contribution is 1.92. The Hall–Kier alpha value is -0.900. The van der Waals surface area contributed by atoms with Crippen LogP contribution in [0.4, 0.5) is 0 Å². The Kier molecular flexibility index (Phi) is 6.28. The van der Waals surface area contributed by atoms with Gasteiger partial charge in [-0.15, -0.1) is 5.10 Å². The van der Waals surface area contributed by atoms with E-state index in [1.807, 2.05) is 13.8 Å². The lowest BCUT2D eigenvalue weighted by Gasteiger charge is -1.91. The van der Waals surface area contributed by atoms with Crippen LogP contribution in [0, 0.1) is 0 Å². The van der Waals surface area contributed by atoms with Gasteiger partial charge in [0.05, 0.1) is 12.8 Å². The van der Waals surface area contributed by atoms with Crippen LogP contribution in [0.3, 0.4) is 0 Å². The number of hydrogen-bond donors (Lipinski definition) is 1. The van der Waals surface area contributed by atoms with Crippen molar-refractivity contribution in [2.24, 2.45) is 0 Å². The van der Waals surface area contributed by atoms with Crippen molar-refractivity contribution in [1.82, 2.24) is 15.0 Å². The van der Waals surface area contributed by atoms with Crippen LogP contribution in [0.1, 0.15) is 32.9 Å². The SMILES string of the molecule is CC.CCCn1cc(CO)nn1. The van der Waals surface area contributed by atoms with Crippen LogP contribution in [0.15, 0.2) is 6.20 Å². The highest BCUT2D eigenvalue weighted by atomic mass is 16.3. The second-order valence-corrected chi connectivity index (χ2v) is 2.13. The summed E-state index contributed by atoms with van der Waals surface area (Å²) in [6, 6.07) is 0. The second-order valence-electron chi connectivity index (χ2n) is 2.13. The molecule has 0 fully saturated rings. The molecule has 0 aliphatic heterocycles. The van der Waals surface area contributed by atoms with E-state index in [1.54, 1.807) is 10.9 Å². The number of hydrogen-bond acceptors (Lipinski definition) is 3. The summed E-state index contributed by atoms with van der Waals surface area (Å²) >= 11 is 0. The standard InChI is InChI=1S/C6H11N3O.C2H6/c1-2-3-9-4-6(5-10)7-8-9;1-2/h4,10H,2-3,5H2,1H3;1-2H3. The number of rotatable bonds is 3. The molecule has 0 saturated heterocycles. The van der Waals surface area contributed by atoms with E-state index in [0.717, 1.165) is 13.0 Å². The van der Waals surface area contributed by atoms with Gasteiger partial charge in [0.25, 0.3) is 0 Å². The largest absolute Gasteiger partial charge is 0.390 e. The van der Waals surface area contributed by atoms with Gasteiger partial charge >= 0.3 is 0 Å². The molecule has 4 nitrogen and oxygen atoms in total. The fraction of sp³-hybridized carbons (Fsp3) is 0.750. The lowest BCUT2D eigenvalue weighted by molar-refractivity contribution is 0.276. The quantitative estimate of drug-likeness (QED) is 0.743.